The maximum absolute atomic E-state index is 2.54. The molecule has 0 heterocycles. The van der Waals surface area contributed by atoms with Gasteiger partial charge in [-0.25, -0.2) is 0 Å². The summed E-state index contributed by atoms with van der Waals surface area (Å²) in [6.45, 7) is 14.1. The van der Waals surface area contributed by atoms with Gasteiger partial charge in [0.15, 0.2) is 0 Å². The molecule has 0 bridgehead atoms. The van der Waals surface area contributed by atoms with Crippen molar-refractivity contribution in [2.75, 3.05) is 0 Å². The fourth-order valence-corrected chi connectivity index (χ4v) is 7.43. The van der Waals surface area contributed by atoms with Crippen LogP contribution in [0.15, 0.2) is 96.1 Å². The van der Waals surface area contributed by atoms with Gasteiger partial charge in [0.25, 0.3) is 0 Å². The second kappa shape index (κ2) is 10.7. The van der Waals surface area contributed by atoms with Gasteiger partial charge in [0.1, 0.15) is 0 Å². The molecule has 0 fully saturated rings. The van der Waals surface area contributed by atoms with Gasteiger partial charge in [0.05, 0.1) is 0 Å². The summed E-state index contributed by atoms with van der Waals surface area (Å²) in [5.41, 5.74) is 17.5. The molecular weight excluding hydrogens is 480 g/mol. The summed E-state index contributed by atoms with van der Waals surface area (Å²) in [4.78, 5) is 0. The molecule has 0 radical (unpaired) electrons. The van der Waals surface area contributed by atoms with Gasteiger partial charge < -0.3 is 0 Å². The van der Waals surface area contributed by atoms with Crippen molar-refractivity contribution < 1.29 is 0 Å². The summed E-state index contributed by atoms with van der Waals surface area (Å²) >= 11 is 0. The minimum atomic E-state index is 0.480. The maximum atomic E-state index is 2.54. The highest BCUT2D eigenvalue weighted by atomic mass is 14.4. The first-order chi connectivity index (χ1) is 19.3. The Morgan fingerprint density at radius 2 is 0.875 bits per heavy atom. The minimum absolute atomic E-state index is 0.480. The molecule has 0 heteroatoms. The van der Waals surface area contributed by atoms with Gasteiger partial charge in [-0.05, 0) is 94.2 Å². The Labute approximate surface area is 241 Å². The molecular formula is C40H42. The molecule has 0 aromatic heterocycles. The highest BCUT2D eigenvalue weighted by Crippen LogP contribution is 2.52. The van der Waals surface area contributed by atoms with Crippen LogP contribution >= 0.6 is 0 Å². The van der Waals surface area contributed by atoms with Crippen LogP contribution in [-0.2, 0) is 0 Å². The maximum Gasteiger partial charge on any atom is 0.00631 e. The molecule has 4 aromatic rings. The third-order valence-corrected chi connectivity index (χ3v) is 9.38. The number of fused-ring (bicyclic) bond motifs is 2. The van der Waals surface area contributed by atoms with Crippen molar-refractivity contribution in [3.63, 3.8) is 0 Å². The molecule has 0 saturated heterocycles. The molecule has 40 heavy (non-hydrogen) atoms. The largest absolute Gasteiger partial charge is 0.0622 e. The fraction of sp³-hybridized carbons (Fsp3) is 0.300. The number of benzene rings is 4. The van der Waals surface area contributed by atoms with Crippen molar-refractivity contribution in [2.24, 2.45) is 11.8 Å². The van der Waals surface area contributed by atoms with Crippen LogP contribution in [0.5, 0.6) is 0 Å². The van der Waals surface area contributed by atoms with E-state index in [4.69, 9.17) is 0 Å². The zero-order valence-corrected chi connectivity index (χ0v) is 25.0. The Kier molecular flexibility index (Phi) is 7.13. The molecule has 0 spiro atoms. The van der Waals surface area contributed by atoms with Gasteiger partial charge in [0, 0.05) is 11.8 Å². The quantitative estimate of drug-likeness (QED) is 0.226. The van der Waals surface area contributed by atoms with Crippen LogP contribution in [0.3, 0.4) is 0 Å². The van der Waals surface area contributed by atoms with Crippen molar-refractivity contribution in [1.82, 2.24) is 0 Å². The summed E-state index contributed by atoms with van der Waals surface area (Å²) < 4.78 is 0. The molecule has 2 unspecified atom stereocenters. The van der Waals surface area contributed by atoms with Gasteiger partial charge in [0.2, 0.25) is 0 Å². The third-order valence-electron chi connectivity index (χ3n) is 9.38. The van der Waals surface area contributed by atoms with E-state index in [0.29, 0.717) is 23.7 Å². The van der Waals surface area contributed by atoms with Gasteiger partial charge in [-0.3, -0.25) is 0 Å². The lowest BCUT2D eigenvalue weighted by Crippen LogP contribution is -2.11. The van der Waals surface area contributed by atoms with Crippen molar-refractivity contribution in [1.29, 1.82) is 0 Å². The Hall–Kier alpha value is -3.64. The molecule has 2 atom stereocenters. The normalized spacial score (nSPS) is 17.7. The first-order valence-electron chi connectivity index (χ1n) is 15.2. The Balaban J connectivity index is 1.39. The lowest BCUT2D eigenvalue weighted by Gasteiger charge is -2.26. The number of aryl methyl sites for hydroxylation is 2. The minimum Gasteiger partial charge on any atom is -0.0622 e. The van der Waals surface area contributed by atoms with Gasteiger partial charge in [-0.15, -0.1) is 0 Å². The molecule has 0 N–H and O–H groups in total. The Bertz CT molecular complexity index is 1470. The SMILES string of the molecule is Cc1ccc(-c2ccccc2)c2c1C(CCC1C(C(C)C)=Cc3c(-c4ccccc4)ccc(C)c31)C(C(C)C)=C2. The molecule has 2 aliphatic rings. The predicted octanol–water partition coefficient (Wildman–Crippen LogP) is 11.4. The smallest absolute Gasteiger partial charge is 0.00631 e. The lowest BCUT2D eigenvalue weighted by molar-refractivity contribution is 0.547. The van der Waals surface area contributed by atoms with Gasteiger partial charge in [-0.2, -0.15) is 0 Å². The summed E-state index contributed by atoms with van der Waals surface area (Å²) in [7, 11) is 0. The third kappa shape index (κ3) is 4.58. The van der Waals surface area contributed by atoms with E-state index in [2.05, 4.69) is 139 Å². The number of allylic oxidation sites excluding steroid dienone is 2. The Morgan fingerprint density at radius 1 is 0.500 bits per heavy atom. The van der Waals surface area contributed by atoms with E-state index in [1.807, 2.05) is 0 Å². The molecule has 2 aliphatic carbocycles. The standard InChI is InChI=1S/C40H42/c1-25(2)35-23-37-31(29-13-9-7-10-14-29)19-17-27(5)39(37)33(35)21-22-34-36(26(3)4)24-38-32(20-18-28(6)40(34)38)30-15-11-8-12-16-30/h7-20,23-26,33-34H,21-22H2,1-6H3. The monoisotopic (exact) mass is 522 g/mol. The first-order valence-corrected chi connectivity index (χ1v) is 15.2. The summed E-state index contributed by atoms with van der Waals surface area (Å²) in [6, 6.07) is 31.2. The molecule has 202 valence electrons. The molecule has 4 aromatic carbocycles. The van der Waals surface area contributed by atoms with E-state index in [0.717, 1.165) is 0 Å². The van der Waals surface area contributed by atoms with E-state index in [1.54, 1.807) is 22.3 Å². The van der Waals surface area contributed by atoms with Crippen LogP contribution in [-0.4, -0.2) is 0 Å². The fourth-order valence-electron chi connectivity index (χ4n) is 7.43. The zero-order valence-electron chi connectivity index (χ0n) is 25.0. The summed E-state index contributed by atoms with van der Waals surface area (Å²) in [5.74, 6) is 2.02. The van der Waals surface area contributed by atoms with Crippen LogP contribution in [0, 0.1) is 25.7 Å². The zero-order chi connectivity index (χ0) is 28.0. The van der Waals surface area contributed by atoms with Crippen molar-refractivity contribution in [3.8, 4) is 22.3 Å². The van der Waals surface area contributed by atoms with Gasteiger partial charge in [-0.1, -0.05) is 136 Å². The molecule has 0 aliphatic heterocycles. The van der Waals surface area contributed by atoms with E-state index < -0.39 is 0 Å². The van der Waals surface area contributed by atoms with E-state index in [1.165, 1.54) is 57.3 Å². The van der Waals surface area contributed by atoms with Crippen molar-refractivity contribution in [3.05, 3.63) is 129 Å². The first kappa shape index (κ1) is 26.6. The second-order valence-corrected chi connectivity index (χ2v) is 12.5. The average Bonchev–Trinajstić information content (AvgIpc) is 3.54. The van der Waals surface area contributed by atoms with Crippen LogP contribution in [0.2, 0.25) is 0 Å². The van der Waals surface area contributed by atoms with Crippen LogP contribution in [0.25, 0.3) is 34.4 Å². The van der Waals surface area contributed by atoms with E-state index in [-0.39, 0.29) is 0 Å². The highest BCUT2D eigenvalue weighted by Gasteiger charge is 2.34. The van der Waals surface area contributed by atoms with E-state index in [9.17, 15) is 0 Å². The Morgan fingerprint density at radius 3 is 1.23 bits per heavy atom. The van der Waals surface area contributed by atoms with Crippen LogP contribution < -0.4 is 0 Å². The van der Waals surface area contributed by atoms with Gasteiger partial charge >= 0.3 is 0 Å². The lowest BCUT2D eigenvalue weighted by atomic mass is 9.78. The highest BCUT2D eigenvalue weighted by molar-refractivity contribution is 5.84. The summed E-state index contributed by atoms with van der Waals surface area (Å²) in [6.07, 6.45) is 7.44. The molecule has 0 amide bonds. The molecule has 0 saturated carbocycles. The number of hydrogen-bond donors (Lipinski definition) is 0. The van der Waals surface area contributed by atoms with E-state index >= 15 is 0 Å². The molecule has 0 nitrogen and oxygen atoms in total. The average molecular weight is 523 g/mol. The second-order valence-electron chi connectivity index (χ2n) is 12.5. The van der Waals surface area contributed by atoms with Crippen LogP contribution in [0.1, 0.15) is 85.8 Å². The number of rotatable bonds is 7. The summed E-state index contributed by atoms with van der Waals surface area (Å²) in [5, 5.41) is 0. The van der Waals surface area contributed by atoms with Crippen LogP contribution in [0.4, 0.5) is 0 Å². The number of hydrogen-bond acceptors (Lipinski definition) is 0. The van der Waals surface area contributed by atoms with Crippen molar-refractivity contribution in [2.45, 2.75) is 66.2 Å². The topological polar surface area (TPSA) is 0 Å². The molecule has 6 rings (SSSR count). The predicted molar refractivity (Wildman–Crippen MR) is 174 cm³/mol. The van der Waals surface area contributed by atoms with Crippen molar-refractivity contribution >= 4 is 12.2 Å².